The zero-order valence-corrected chi connectivity index (χ0v) is 12.5. The second-order valence-corrected chi connectivity index (χ2v) is 6.23. The molecular weight excluding hydrogens is 262 g/mol. The number of benzene rings is 1. The first-order chi connectivity index (χ1) is 8.91. The molecule has 0 N–H and O–H groups in total. The van der Waals surface area contributed by atoms with E-state index in [0.29, 0.717) is 25.4 Å². The van der Waals surface area contributed by atoms with E-state index in [1.807, 2.05) is 20.8 Å². The number of nitrogens with zero attached hydrogens (tertiary/aromatic N) is 1. The molecule has 0 saturated heterocycles. The van der Waals surface area contributed by atoms with Crippen molar-refractivity contribution < 1.29 is 13.2 Å². The van der Waals surface area contributed by atoms with Gasteiger partial charge >= 0.3 is 0 Å². The van der Waals surface area contributed by atoms with Gasteiger partial charge in [0.15, 0.2) is 0 Å². The summed E-state index contributed by atoms with van der Waals surface area (Å²) >= 11 is 0. The van der Waals surface area contributed by atoms with Crippen molar-refractivity contribution in [3.05, 3.63) is 36.4 Å². The van der Waals surface area contributed by atoms with Crippen LogP contribution in [0.5, 0.6) is 5.75 Å². The van der Waals surface area contributed by atoms with Crippen molar-refractivity contribution in [2.75, 3.05) is 19.7 Å². The molecule has 0 aliphatic heterocycles. The molecular formula is C14H21NO3S. The average Bonchev–Trinajstić information content (AvgIpc) is 2.36. The van der Waals surface area contributed by atoms with E-state index in [0.717, 1.165) is 5.57 Å². The largest absolute Gasteiger partial charge is 0.494 e. The lowest BCUT2D eigenvalue weighted by Gasteiger charge is -2.20. The van der Waals surface area contributed by atoms with Gasteiger partial charge < -0.3 is 4.74 Å². The molecule has 0 aromatic heterocycles. The molecule has 1 rings (SSSR count). The van der Waals surface area contributed by atoms with Gasteiger partial charge in [0.25, 0.3) is 0 Å². The number of ether oxygens (including phenoxy) is 1. The molecule has 19 heavy (non-hydrogen) atoms. The van der Waals surface area contributed by atoms with E-state index in [1.54, 1.807) is 24.3 Å². The first kappa shape index (κ1) is 15.7. The van der Waals surface area contributed by atoms with Gasteiger partial charge in [0.1, 0.15) is 5.75 Å². The zero-order valence-electron chi connectivity index (χ0n) is 11.7. The van der Waals surface area contributed by atoms with Crippen LogP contribution in [-0.2, 0) is 10.0 Å². The van der Waals surface area contributed by atoms with Gasteiger partial charge in [-0.25, -0.2) is 8.42 Å². The summed E-state index contributed by atoms with van der Waals surface area (Å²) < 4.78 is 31.5. The van der Waals surface area contributed by atoms with Crippen molar-refractivity contribution in [2.45, 2.75) is 25.7 Å². The van der Waals surface area contributed by atoms with Crippen LogP contribution >= 0.6 is 0 Å². The monoisotopic (exact) mass is 283 g/mol. The van der Waals surface area contributed by atoms with Gasteiger partial charge in [0.2, 0.25) is 10.0 Å². The Kier molecular flexibility index (Phi) is 5.57. The Morgan fingerprint density at radius 2 is 1.84 bits per heavy atom. The van der Waals surface area contributed by atoms with E-state index in [9.17, 15) is 8.42 Å². The number of hydrogen-bond acceptors (Lipinski definition) is 3. The number of rotatable bonds is 7. The molecule has 0 spiro atoms. The predicted molar refractivity (Wildman–Crippen MR) is 76.9 cm³/mol. The summed E-state index contributed by atoms with van der Waals surface area (Å²) in [6.07, 6.45) is 0. The topological polar surface area (TPSA) is 46.6 Å². The van der Waals surface area contributed by atoms with E-state index in [-0.39, 0.29) is 4.90 Å². The molecule has 4 nitrogen and oxygen atoms in total. The summed E-state index contributed by atoms with van der Waals surface area (Å²) in [5.74, 6) is 0.671. The molecule has 0 aliphatic rings. The maximum Gasteiger partial charge on any atom is 0.243 e. The summed E-state index contributed by atoms with van der Waals surface area (Å²) in [5, 5.41) is 0. The molecule has 1 aromatic carbocycles. The third-order valence-electron chi connectivity index (χ3n) is 2.57. The molecule has 0 amide bonds. The minimum absolute atomic E-state index is 0.277. The normalized spacial score (nSPS) is 11.6. The average molecular weight is 283 g/mol. The van der Waals surface area contributed by atoms with Gasteiger partial charge in [-0.3, -0.25) is 0 Å². The van der Waals surface area contributed by atoms with Gasteiger partial charge in [-0.2, -0.15) is 4.31 Å². The maximum atomic E-state index is 12.4. The zero-order chi connectivity index (χ0) is 14.5. The van der Waals surface area contributed by atoms with Crippen LogP contribution in [0.3, 0.4) is 0 Å². The molecule has 0 atom stereocenters. The molecule has 0 radical (unpaired) electrons. The fourth-order valence-electron chi connectivity index (χ4n) is 1.69. The van der Waals surface area contributed by atoms with Crippen LogP contribution in [0, 0.1) is 0 Å². The van der Waals surface area contributed by atoms with Crippen LogP contribution in [0.15, 0.2) is 41.3 Å². The first-order valence-corrected chi connectivity index (χ1v) is 7.73. The van der Waals surface area contributed by atoms with Crippen LogP contribution in [0.25, 0.3) is 0 Å². The van der Waals surface area contributed by atoms with Gasteiger partial charge in [-0.1, -0.05) is 19.1 Å². The Morgan fingerprint density at radius 1 is 1.26 bits per heavy atom. The molecule has 1 aromatic rings. The predicted octanol–water partition coefficient (Wildman–Crippen LogP) is 2.67. The third kappa shape index (κ3) is 4.08. The van der Waals surface area contributed by atoms with E-state index in [1.165, 1.54) is 4.31 Å². The van der Waals surface area contributed by atoms with Crippen LogP contribution in [0.1, 0.15) is 20.8 Å². The Balaban J connectivity index is 3.01. The molecule has 106 valence electrons. The molecule has 0 saturated carbocycles. The molecule has 0 unspecified atom stereocenters. The molecule has 0 fully saturated rings. The lowest BCUT2D eigenvalue weighted by Crippen LogP contribution is -2.32. The van der Waals surface area contributed by atoms with E-state index in [2.05, 4.69) is 6.58 Å². The SMILES string of the molecule is C=C(C)CN(CC)S(=O)(=O)c1ccc(OCC)cc1. The molecule has 0 aliphatic carbocycles. The smallest absolute Gasteiger partial charge is 0.243 e. The van der Waals surface area contributed by atoms with Gasteiger partial charge in [-0.05, 0) is 38.1 Å². The molecule has 0 heterocycles. The summed E-state index contributed by atoms with van der Waals surface area (Å²) in [5.41, 5.74) is 0.816. The first-order valence-electron chi connectivity index (χ1n) is 6.29. The van der Waals surface area contributed by atoms with Crippen molar-refractivity contribution in [3.8, 4) is 5.75 Å². The van der Waals surface area contributed by atoms with Crippen molar-refractivity contribution in [3.63, 3.8) is 0 Å². The number of likely N-dealkylation sites (N-methyl/N-ethyl adjacent to an activating group) is 1. The quantitative estimate of drug-likeness (QED) is 0.723. The van der Waals surface area contributed by atoms with Crippen LogP contribution in [0.4, 0.5) is 0 Å². The summed E-state index contributed by atoms with van der Waals surface area (Å²) in [6.45, 7) is 10.6. The molecule has 0 bridgehead atoms. The second kappa shape index (κ2) is 6.73. The highest BCUT2D eigenvalue weighted by atomic mass is 32.2. The molecule has 5 heteroatoms. The minimum Gasteiger partial charge on any atom is -0.494 e. The van der Waals surface area contributed by atoms with Gasteiger partial charge in [0, 0.05) is 13.1 Å². The second-order valence-electron chi connectivity index (χ2n) is 4.29. The van der Waals surface area contributed by atoms with E-state index < -0.39 is 10.0 Å². The van der Waals surface area contributed by atoms with Crippen LogP contribution in [0.2, 0.25) is 0 Å². The third-order valence-corrected chi connectivity index (χ3v) is 4.51. The van der Waals surface area contributed by atoms with Crippen LogP contribution < -0.4 is 4.74 Å². The fraction of sp³-hybridized carbons (Fsp3) is 0.429. The van der Waals surface area contributed by atoms with Crippen LogP contribution in [-0.4, -0.2) is 32.4 Å². The summed E-state index contributed by atoms with van der Waals surface area (Å²) in [4.78, 5) is 0.277. The minimum atomic E-state index is -3.46. The highest BCUT2D eigenvalue weighted by Crippen LogP contribution is 2.20. The van der Waals surface area contributed by atoms with E-state index >= 15 is 0 Å². The van der Waals surface area contributed by atoms with Gasteiger partial charge in [-0.15, -0.1) is 0 Å². The maximum absolute atomic E-state index is 12.4. The van der Waals surface area contributed by atoms with Gasteiger partial charge in [0.05, 0.1) is 11.5 Å². The number of hydrogen-bond donors (Lipinski definition) is 0. The van der Waals surface area contributed by atoms with Crippen molar-refractivity contribution >= 4 is 10.0 Å². The Morgan fingerprint density at radius 3 is 2.26 bits per heavy atom. The van der Waals surface area contributed by atoms with Crippen molar-refractivity contribution in [2.24, 2.45) is 0 Å². The van der Waals surface area contributed by atoms with Crippen molar-refractivity contribution in [1.29, 1.82) is 0 Å². The summed E-state index contributed by atoms with van der Waals surface area (Å²) in [6, 6.07) is 6.48. The lowest BCUT2D eigenvalue weighted by molar-refractivity contribution is 0.340. The van der Waals surface area contributed by atoms with Crippen molar-refractivity contribution in [1.82, 2.24) is 4.31 Å². The highest BCUT2D eigenvalue weighted by Gasteiger charge is 2.22. The number of sulfonamides is 1. The summed E-state index contributed by atoms with van der Waals surface area (Å²) in [7, 11) is -3.46. The highest BCUT2D eigenvalue weighted by molar-refractivity contribution is 7.89. The Hall–Kier alpha value is -1.33. The Labute approximate surface area is 115 Å². The Bertz CT molecular complexity index is 520. The lowest BCUT2D eigenvalue weighted by atomic mass is 10.3. The standard InChI is InChI=1S/C14H21NO3S/c1-5-15(11-12(3)4)19(16,17)14-9-7-13(8-10-14)18-6-2/h7-10H,3,5-6,11H2,1-2,4H3. The van der Waals surface area contributed by atoms with E-state index in [4.69, 9.17) is 4.74 Å². The fourth-order valence-corrected chi connectivity index (χ4v) is 3.20.